The van der Waals surface area contributed by atoms with E-state index in [2.05, 4.69) is 14.0 Å². The van der Waals surface area contributed by atoms with E-state index in [1.165, 1.54) is 7.11 Å². The molecule has 0 aliphatic carbocycles. The first kappa shape index (κ1) is 8.35. The number of carbonyl (C=O) groups excluding carboxylic acids is 1. The summed E-state index contributed by atoms with van der Waals surface area (Å²) in [5.74, 6) is -0.0345. The van der Waals surface area contributed by atoms with Crippen LogP contribution in [-0.4, -0.2) is 34.8 Å². The average molecular weight is 312 g/mol. The van der Waals surface area contributed by atoms with E-state index in [-0.39, 0.29) is 5.97 Å². The molecule has 0 unspecified atom stereocenters. The van der Waals surface area contributed by atoms with Gasteiger partial charge in [-0.2, -0.15) is 0 Å². The van der Waals surface area contributed by atoms with Crippen LogP contribution in [0.25, 0.3) is 0 Å². The van der Waals surface area contributed by atoms with Crippen LogP contribution >= 0.6 is 0 Å². The molecule has 0 radical (unpaired) electrons. The van der Waals surface area contributed by atoms with Gasteiger partial charge >= 0.3 is 57.8 Å². The zero-order valence-corrected chi connectivity index (χ0v) is 8.95. The summed E-state index contributed by atoms with van der Waals surface area (Å²) in [5.41, 5.74) is 0. The first-order chi connectivity index (χ1) is 3.66. The minimum atomic E-state index is -1.25. The third-order valence-corrected chi connectivity index (χ3v) is 4.14. The molecule has 0 fully saturated rings. The predicted octanol–water partition coefficient (Wildman–Crippen LogP) is 0.914. The van der Waals surface area contributed by atoms with Crippen LogP contribution in [0.5, 0.6) is 0 Å². The van der Waals surface area contributed by atoms with E-state index in [4.69, 9.17) is 0 Å². The maximum atomic E-state index is 10.5. The number of carbonyl (C=O) groups is 1. The van der Waals surface area contributed by atoms with Crippen molar-refractivity contribution in [3.63, 3.8) is 0 Å². The van der Waals surface area contributed by atoms with E-state index < -0.39 is 21.8 Å². The molecule has 0 amide bonds. The fourth-order valence-corrected chi connectivity index (χ4v) is 2.83. The van der Waals surface area contributed by atoms with Crippen molar-refractivity contribution in [3.05, 3.63) is 0 Å². The molecular weight excluding hydrogens is 301 g/mol. The molecular formula is C5H11BiO2. The molecule has 0 N–H and O–H groups in total. The van der Waals surface area contributed by atoms with Crippen molar-refractivity contribution in [1.82, 2.24) is 0 Å². The third kappa shape index (κ3) is 4.51. The van der Waals surface area contributed by atoms with Gasteiger partial charge in [-0.25, -0.2) is 0 Å². The van der Waals surface area contributed by atoms with Gasteiger partial charge in [0.05, 0.1) is 0 Å². The molecule has 8 heavy (non-hydrogen) atoms. The van der Waals surface area contributed by atoms with Crippen LogP contribution < -0.4 is 0 Å². The van der Waals surface area contributed by atoms with Gasteiger partial charge in [0.2, 0.25) is 0 Å². The second-order valence-corrected chi connectivity index (χ2v) is 11.4. The Bertz CT molecular complexity index is 80.5. The van der Waals surface area contributed by atoms with Crippen LogP contribution in [0.1, 0.15) is 0 Å². The van der Waals surface area contributed by atoms with Crippen molar-refractivity contribution in [2.75, 3.05) is 7.11 Å². The summed E-state index contributed by atoms with van der Waals surface area (Å²) >= 11 is -1.25. The summed E-state index contributed by atoms with van der Waals surface area (Å²) in [6.45, 7) is 0. The minimum absolute atomic E-state index is 0.0345. The fraction of sp³-hybridized carbons (Fsp3) is 0.800. The zero-order chi connectivity index (χ0) is 6.57. The van der Waals surface area contributed by atoms with Gasteiger partial charge in [0, 0.05) is 0 Å². The number of esters is 1. The molecule has 0 bridgehead atoms. The molecule has 48 valence electrons. The molecule has 0 saturated carbocycles. The Morgan fingerprint density at radius 1 is 1.62 bits per heavy atom. The predicted molar refractivity (Wildman–Crippen MR) is 34.3 cm³/mol. The van der Waals surface area contributed by atoms with Crippen molar-refractivity contribution in [3.8, 4) is 0 Å². The molecule has 0 aromatic heterocycles. The normalized spacial score (nSPS) is 9.50. The SMILES string of the molecule is COC(=O)[CH2][Bi]([CH3])[CH3]. The van der Waals surface area contributed by atoms with Crippen LogP contribution in [0.2, 0.25) is 13.4 Å². The van der Waals surface area contributed by atoms with Gasteiger partial charge in [-0.3, -0.25) is 0 Å². The monoisotopic (exact) mass is 312 g/mol. The Hall–Kier alpha value is 0.353. The summed E-state index contributed by atoms with van der Waals surface area (Å²) in [7, 11) is 1.44. The van der Waals surface area contributed by atoms with Crippen molar-refractivity contribution < 1.29 is 9.53 Å². The van der Waals surface area contributed by atoms with Crippen molar-refractivity contribution in [1.29, 1.82) is 0 Å². The van der Waals surface area contributed by atoms with Gasteiger partial charge in [-0.15, -0.1) is 0 Å². The van der Waals surface area contributed by atoms with E-state index in [1.54, 1.807) is 0 Å². The van der Waals surface area contributed by atoms with Crippen LogP contribution in [0.3, 0.4) is 0 Å². The van der Waals surface area contributed by atoms with Crippen LogP contribution in [0, 0.1) is 0 Å². The van der Waals surface area contributed by atoms with Crippen molar-refractivity contribution >= 4 is 27.7 Å². The summed E-state index contributed by atoms with van der Waals surface area (Å²) in [4.78, 5) is 10.5. The van der Waals surface area contributed by atoms with Crippen LogP contribution in [0.15, 0.2) is 0 Å². The third-order valence-electron chi connectivity index (χ3n) is 0.673. The molecule has 0 aliphatic rings. The Morgan fingerprint density at radius 2 is 2.12 bits per heavy atom. The molecule has 2 nitrogen and oxygen atoms in total. The fourth-order valence-electron chi connectivity index (χ4n) is 0.323. The molecule has 0 atom stereocenters. The van der Waals surface area contributed by atoms with Gasteiger partial charge in [0.25, 0.3) is 0 Å². The second-order valence-electron chi connectivity index (χ2n) is 1.81. The summed E-state index contributed by atoms with van der Waals surface area (Å²) in [5, 5.41) is 0. The van der Waals surface area contributed by atoms with Gasteiger partial charge in [-0.05, 0) is 0 Å². The Morgan fingerprint density at radius 3 is 2.25 bits per heavy atom. The maximum absolute atomic E-state index is 10.5. The molecule has 0 aromatic rings. The van der Waals surface area contributed by atoms with E-state index >= 15 is 0 Å². The molecule has 0 spiro atoms. The average Bonchev–Trinajstić information content (AvgIpc) is 1.65. The van der Waals surface area contributed by atoms with E-state index in [0.29, 0.717) is 0 Å². The van der Waals surface area contributed by atoms with E-state index in [9.17, 15) is 4.79 Å². The topological polar surface area (TPSA) is 26.3 Å². The van der Waals surface area contributed by atoms with Crippen LogP contribution in [-0.2, 0) is 9.53 Å². The molecule has 0 saturated heterocycles. The van der Waals surface area contributed by atoms with E-state index in [1.807, 2.05) is 0 Å². The molecule has 0 aliphatic heterocycles. The van der Waals surface area contributed by atoms with Gasteiger partial charge in [0.15, 0.2) is 0 Å². The number of rotatable bonds is 2. The number of ether oxygens (including phenoxy) is 1. The zero-order valence-electron chi connectivity index (χ0n) is 5.47. The number of hydrogen-bond acceptors (Lipinski definition) is 2. The van der Waals surface area contributed by atoms with Crippen molar-refractivity contribution in [2.45, 2.75) is 13.4 Å². The summed E-state index contributed by atoms with van der Waals surface area (Å²) in [6, 6.07) is 0. The van der Waals surface area contributed by atoms with Gasteiger partial charge in [0.1, 0.15) is 0 Å². The van der Waals surface area contributed by atoms with Crippen molar-refractivity contribution in [2.24, 2.45) is 0 Å². The Balaban J connectivity index is 3.25. The molecule has 0 aromatic carbocycles. The first-order valence-electron chi connectivity index (χ1n) is 2.38. The number of hydrogen-bond donors (Lipinski definition) is 0. The van der Waals surface area contributed by atoms with E-state index in [0.717, 1.165) is 4.13 Å². The molecule has 0 heterocycles. The standard InChI is InChI=1S/C3H5O2.2CH3.Bi/c1-3(4)5-2;;;/h1H2,2H3;2*1H3;. The second kappa shape index (κ2) is 4.25. The summed E-state index contributed by atoms with van der Waals surface area (Å²) in [6.07, 6.45) is 0. The Labute approximate surface area is 57.9 Å². The molecule has 0 rings (SSSR count). The Kier molecular flexibility index (Phi) is 4.44. The van der Waals surface area contributed by atoms with Crippen LogP contribution in [0.4, 0.5) is 0 Å². The van der Waals surface area contributed by atoms with Gasteiger partial charge in [-0.1, -0.05) is 0 Å². The quantitative estimate of drug-likeness (QED) is 0.560. The molecule has 3 heteroatoms. The van der Waals surface area contributed by atoms with Gasteiger partial charge < -0.3 is 0 Å². The summed E-state index contributed by atoms with van der Waals surface area (Å²) < 4.78 is 9.57. The first-order valence-corrected chi connectivity index (χ1v) is 11.8. The number of methoxy groups -OCH3 is 1.